The van der Waals surface area contributed by atoms with E-state index in [0.717, 1.165) is 12.1 Å². The lowest BCUT2D eigenvalue weighted by Crippen LogP contribution is -2.24. The maximum atomic E-state index is 12.2. The number of furan rings is 1. The van der Waals surface area contributed by atoms with E-state index in [-0.39, 0.29) is 29.4 Å². The third kappa shape index (κ3) is 6.25. The molecule has 0 fully saturated rings. The fourth-order valence-corrected chi connectivity index (χ4v) is 2.81. The minimum Gasteiger partial charge on any atom is -0.482 e. The number of ether oxygens (including phenoxy) is 2. The number of hydrazone groups is 1. The van der Waals surface area contributed by atoms with E-state index in [1.165, 1.54) is 12.3 Å². The molecule has 0 saturated carbocycles. The Morgan fingerprint density at radius 2 is 2.00 bits per heavy atom. The summed E-state index contributed by atoms with van der Waals surface area (Å²) < 4.78 is 16.0. The van der Waals surface area contributed by atoms with Gasteiger partial charge in [0.25, 0.3) is 5.91 Å². The van der Waals surface area contributed by atoms with Gasteiger partial charge in [-0.05, 0) is 36.4 Å². The maximum Gasteiger partial charge on any atom is 0.433 e. The van der Waals surface area contributed by atoms with Gasteiger partial charge in [-0.25, -0.2) is 10.2 Å². The molecule has 166 valence electrons. The summed E-state index contributed by atoms with van der Waals surface area (Å²) in [6.07, 6.45) is 1.24. The number of nitrogens with one attached hydrogen (secondary N) is 1. The van der Waals surface area contributed by atoms with Gasteiger partial charge >= 0.3 is 11.9 Å². The highest BCUT2D eigenvalue weighted by atomic mass is 79.9. The van der Waals surface area contributed by atoms with Crippen molar-refractivity contribution >= 4 is 39.9 Å². The van der Waals surface area contributed by atoms with Crippen LogP contribution >= 0.6 is 15.9 Å². The molecule has 0 spiro atoms. The standard InChI is InChI=1S/C21H13BrN4O7/c22-15-5-6-17(33-21(28)18-7-8-20(32-18)26(29)30)14(9-15)11-24-25-19(27)12-31-16-4-2-1-3-13(16)10-23/h1-9,11H,12H2,(H,25,27)/b24-11+. The lowest BCUT2D eigenvalue weighted by atomic mass is 10.2. The van der Waals surface area contributed by atoms with Crippen LogP contribution in [0.25, 0.3) is 0 Å². The molecule has 1 heterocycles. The van der Waals surface area contributed by atoms with E-state index in [1.807, 2.05) is 6.07 Å². The second kappa shape index (κ2) is 10.7. The number of nitrogens with zero attached hydrogens (tertiary/aromatic N) is 3. The Labute approximate surface area is 194 Å². The number of rotatable bonds is 8. The number of hydrogen-bond acceptors (Lipinski definition) is 9. The van der Waals surface area contributed by atoms with Crippen LogP contribution in [0.2, 0.25) is 0 Å². The highest BCUT2D eigenvalue weighted by molar-refractivity contribution is 9.10. The number of para-hydroxylation sites is 1. The summed E-state index contributed by atoms with van der Waals surface area (Å²) in [7, 11) is 0. The van der Waals surface area contributed by atoms with Crippen molar-refractivity contribution in [1.82, 2.24) is 5.43 Å². The highest BCUT2D eigenvalue weighted by Crippen LogP contribution is 2.24. The normalized spacial score (nSPS) is 10.4. The van der Waals surface area contributed by atoms with E-state index < -0.39 is 22.7 Å². The van der Waals surface area contributed by atoms with Gasteiger partial charge in [-0.2, -0.15) is 10.4 Å². The van der Waals surface area contributed by atoms with Crippen LogP contribution in [-0.4, -0.2) is 29.6 Å². The Kier molecular flexibility index (Phi) is 7.51. The lowest BCUT2D eigenvalue weighted by molar-refractivity contribution is -0.402. The van der Waals surface area contributed by atoms with Gasteiger partial charge in [-0.1, -0.05) is 28.1 Å². The number of nitriles is 1. The Bertz CT molecular complexity index is 1280. The predicted octanol–water partition coefficient (Wildman–Crippen LogP) is 3.57. The topological polar surface area (TPSA) is 157 Å². The average molecular weight is 513 g/mol. The smallest absolute Gasteiger partial charge is 0.433 e. The molecular weight excluding hydrogens is 500 g/mol. The first kappa shape index (κ1) is 23.2. The van der Waals surface area contributed by atoms with Crippen LogP contribution in [0, 0.1) is 21.4 Å². The van der Waals surface area contributed by atoms with Crippen molar-refractivity contribution in [2.24, 2.45) is 5.10 Å². The van der Waals surface area contributed by atoms with Crippen molar-refractivity contribution < 1.29 is 28.4 Å². The number of carbonyl (C=O) groups excluding carboxylic acids is 2. The Hall–Kier alpha value is -4.50. The van der Waals surface area contributed by atoms with E-state index in [9.17, 15) is 19.7 Å². The van der Waals surface area contributed by atoms with Crippen molar-refractivity contribution in [2.45, 2.75) is 0 Å². The second-order valence-corrected chi connectivity index (χ2v) is 7.07. The van der Waals surface area contributed by atoms with Gasteiger partial charge in [0.1, 0.15) is 22.5 Å². The monoisotopic (exact) mass is 512 g/mol. The second-order valence-electron chi connectivity index (χ2n) is 6.16. The highest BCUT2D eigenvalue weighted by Gasteiger charge is 2.20. The summed E-state index contributed by atoms with van der Waals surface area (Å²) in [6.45, 7) is -0.381. The van der Waals surface area contributed by atoms with Crippen LogP contribution in [-0.2, 0) is 4.79 Å². The van der Waals surface area contributed by atoms with E-state index in [0.29, 0.717) is 10.0 Å². The Balaban J connectivity index is 1.63. The molecule has 1 amide bonds. The SMILES string of the molecule is N#Cc1ccccc1OCC(=O)N/N=C/c1cc(Br)ccc1OC(=O)c1ccc([N+](=O)[O-])o1. The zero-order chi connectivity index (χ0) is 23.8. The minimum absolute atomic E-state index is 0.0689. The van der Waals surface area contributed by atoms with Crippen LogP contribution in [0.5, 0.6) is 11.5 Å². The predicted molar refractivity (Wildman–Crippen MR) is 117 cm³/mol. The van der Waals surface area contributed by atoms with Crippen molar-refractivity contribution in [3.8, 4) is 17.6 Å². The maximum absolute atomic E-state index is 12.2. The van der Waals surface area contributed by atoms with E-state index in [1.54, 1.807) is 36.4 Å². The molecule has 0 aliphatic carbocycles. The third-order valence-electron chi connectivity index (χ3n) is 3.91. The van der Waals surface area contributed by atoms with Gasteiger partial charge in [-0.3, -0.25) is 14.9 Å². The molecule has 12 heteroatoms. The zero-order valence-corrected chi connectivity index (χ0v) is 18.1. The number of carbonyl (C=O) groups is 2. The summed E-state index contributed by atoms with van der Waals surface area (Å²) >= 11 is 3.28. The molecule has 1 N–H and O–H groups in total. The summed E-state index contributed by atoms with van der Waals surface area (Å²) in [6, 6.07) is 15.2. The lowest BCUT2D eigenvalue weighted by Gasteiger charge is -2.07. The summed E-state index contributed by atoms with van der Waals surface area (Å²) in [5.41, 5.74) is 2.86. The Morgan fingerprint density at radius 3 is 2.73 bits per heavy atom. The molecule has 2 aromatic carbocycles. The van der Waals surface area contributed by atoms with Crippen molar-refractivity contribution in [2.75, 3.05) is 6.61 Å². The van der Waals surface area contributed by atoms with Gasteiger partial charge in [0.05, 0.1) is 17.8 Å². The average Bonchev–Trinajstić information content (AvgIpc) is 3.30. The first-order valence-corrected chi connectivity index (χ1v) is 9.86. The van der Waals surface area contributed by atoms with E-state index in [2.05, 4.69) is 26.5 Å². The fourth-order valence-electron chi connectivity index (χ4n) is 2.43. The van der Waals surface area contributed by atoms with Crippen LogP contribution in [0.15, 0.2) is 68.6 Å². The van der Waals surface area contributed by atoms with E-state index >= 15 is 0 Å². The molecular formula is C21H13BrN4O7. The van der Waals surface area contributed by atoms with Crippen LogP contribution in [0.4, 0.5) is 5.88 Å². The molecule has 0 aliphatic heterocycles. The molecule has 0 radical (unpaired) electrons. The summed E-state index contributed by atoms with van der Waals surface area (Å²) in [5.74, 6) is -2.15. The number of amides is 1. The molecule has 3 rings (SSSR count). The first-order chi connectivity index (χ1) is 15.9. The third-order valence-corrected chi connectivity index (χ3v) is 4.40. The van der Waals surface area contributed by atoms with Gasteiger partial charge in [0, 0.05) is 10.0 Å². The molecule has 0 aliphatic rings. The number of hydrogen-bond donors (Lipinski definition) is 1. The minimum atomic E-state index is -0.950. The van der Waals surface area contributed by atoms with Gasteiger partial charge in [-0.15, -0.1) is 0 Å². The number of nitro groups is 1. The van der Waals surface area contributed by atoms with Crippen LogP contribution in [0.1, 0.15) is 21.7 Å². The molecule has 1 aromatic heterocycles. The van der Waals surface area contributed by atoms with Gasteiger partial charge < -0.3 is 13.9 Å². The molecule has 3 aromatic rings. The van der Waals surface area contributed by atoms with Crippen LogP contribution in [0.3, 0.4) is 0 Å². The largest absolute Gasteiger partial charge is 0.482 e. The number of esters is 1. The summed E-state index contributed by atoms with van der Waals surface area (Å²) in [4.78, 5) is 34.1. The molecule has 0 bridgehead atoms. The van der Waals surface area contributed by atoms with Gasteiger partial charge in [0.2, 0.25) is 5.76 Å². The summed E-state index contributed by atoms with van der Waals surface area (Å²) in [5, 5.41) is 23.5. The quantitative estimate of drug-likeness (QED) is 0.158. The van der Waals surface area contributed by atoms with Crippen molar-refractivity contribution in [1.29, 1.82) is 5.26 Å². The van der Waals surface area contributed by atoms with Gasteiger partial charge in [0.15, 0.2) is 6.61 Å². The Morgan fingerprint density at radius 1 is 1.21 bits per heavy atom. The molecule has 11 nitrogen and oxygen atoms in total. The van der Waals surface area contributed by atoms with Crippen molar-refractivity contribution in [3.63, 3.8) is 0 Å². The fraction of sp³-hybridized carbons (Fsp3) is 0.0476. The molecule has 33 heavy (non-hydrogen) atoms. The zero-order valence-electron chi connectivity index (χ0n) is 16.6. The number of benzene rings is 2. The first-order valence-electron chi connectivity index (χ1n) is 9.07. The van der Waals surface area contributed by atoms with Crippen molar-refractivity contribution in [3.05, 3.63) is 86.1 Å². The van der Waals surface area contributed by atoms with E-state index in [4.69, 9.17) is 19.2 Å². The number of halogens is 1. The molecule has 0 saturated heterocycles. The molecule has 0 unspecified atom stereocenters. The van der Waals surface area contributed by atoms with Crippen LogP contribution < -0.4 is 14.9 Å². The molecule has 0 atom stereocenters.